The Labute approximate surface area is 163 Å². The minimum absolute atomic E-state index is 0. The first-order valence-electron chi connectivity index (χ1n) is 9.60. The van der Waals surface area contributed by atoms with Crippen molar-refractivity contribution in [3.05, 3.63) is 0 Å². The maximum atomic E-state index is 5.95. The second-order valence-corrected chi connectivity index (χ2v) is 7.89. The summed E-state index contributed by atoms with van der Waals surface area (Å²) >= 11 is 0. The third-order valence-corrected chi connectivity index (χ3v) is 6.60. The van der Waals surface area contributed by atoms with Crippen LogP contribution >= 0.6 is 24.0 Å². The number of rotatable bonds is 5. The molecule has 0 aromatic carbocycles. The third kappa shape index (κ3) is 3.43. The largest absolute Gasteiger partial charge is 0.378 e. The first-order chi connectivity index (χ1) is 11.2. The van der Waals surface area contributed by atoms with Crippen molar-refractivity contribution in [3.8, 4) is 0 Å². The molecule has 1 aliphatic heterocycles. The van der Waals surface area contributed by atoms with Gasteiger partial charge < -0.3 is 15.4 Å². The van der Waals surface area contributed by atoms with Gasteiger partial charge in [0.1, 0.15) is 0 Å². The number of ether oxygens (including phenoxy) is 1. The quantitative estimate of drug-likeness (QED) is 0.385. The van der Waals surface area contributed by atoms with Gasteiger partial charge in [-0.05, 0) is 45.4 Å². The Kier molecular flexibility index (Phi) is 5.97. The summed E-state index contributed by atoms with van der Waals surface area (Å²) in [5, 5.41) is 7.38. The van der Waals surface area contributed by atoms with Gasteiger partial charge in [0, 0.05) is 50.3 Å². The van der Waals surface area contributed by atoms with Crippen molar-refractivity contribution in [1.82, 2.24) is 15.5 Å². The molecule has 3 aliphatic carbocycles. The lowest BCUT2D eigenvalue weighted by Crippen LogP contribution is -2.69. The molecule has 4 aliphatic rings. The van der Waals surface area contributed by atoms with Crippen molar-refractivity contribution in [2.45, 2.75) is 76.1 Å². The van der Waals surface area contributed by atoms with E-state index in [0.717, 1.165) is 25.0 Å². The van der Waals surface area contributed by atoms with Crippen LogP contribution in [0.4, 0.5) is 0 Å². The molecule has 4 fully saturated rings. The van der Waals surface area contributed by atoms with Gasteiger partial charge in [0.2, 0.25) is 0 Å². The van der Waals surface area contributed by atoms with Gasteiger partial charge in [-0.3, -0.25) is 9.89 Å². The normalized spacial score (nSPS) is 35.1. The summed E-state index contributed by atoms with van der Waals surface area (Å²) in [6.07, 6.45) is 9.63. The molecule has 138 valence electrons. The summed E-state index contributed by atoms with van der Waals surface area (Å²) < 4.78 is 5.95. The molecule has 1 saturated heterocycles. The molecule has 5 nitrogen and oxygen atoms in total. The minimum atomic E-state index is 0. The SMILES string of the molecule is CCOC1CC(NC(=NC)NC2CCN(C3CC3)C2)C12CCC2.I. The van der Waals surface area contributed by atoms with Gasteiger partial charge in [0.25, 0.3) is 0 Å². The van der Waals surface area contributed by atoms with E-state index in [1.165, 1.54) is 51.6 Å². The highest BCUT2D eigenvalue weighted by Crippen LogP contribution is 2.57. The highest BCUT2D eigenvalue weighted by molar-refractivity contribution is 14.0. The standard InChI is InChI=1S/C18H32N4O.HI/c1-3-23-16-11-15(18(16)8-4-9-18)21-17(19-2)20-13-7-10-22(12-13)14-5-6-14;/h13-16H,3-12H2,1-2H3,(H2,19,20,21);1H. The van der Waals surface area contributed by atoms with Crippen molar-refractivity contribution in [1.29, 1.82) is 0 Å². The maximum absolute atomic E-state index is 5.95. The van der Waals surface area contributed by atoms with Gasteiger partial charge in [0.15, 0.2) is 5.96 Å². The Balaban J connectivity index is 0.00000169. The summed E-state index contributed by atoms with van der Waals surface area (Å²) in [5.41, 5.74) is 0.392. The van der Waals surface area contributed by atoms with Gasteiger partial charge in [-0.25, -0.2) is 0 Å². The molecule has 2 N–H and O–H groups in total. The van der Waals surface area contributed by atoms with E-state index in [1.807, 2.05) is 7.05 Å². The third-order valence-electron chi connectivity index (χ3n) is 6.60. The average molecular weight is 448 g/mol. The Morgan fingerprint density at radius 1 is 1.25 bits per heavy atom. The zero-order valence-electron chi connectivity index (χ0n) is 15.1. The smallest absolute Gasteiger partial charge is 0.191 e. The molecule has 6 heteroatoms. The number of guanidine groups is 1. The van der Waals surface area contributed by atoms with E-state index in [-0.39, 0.29) is 24.0 Å². The van der Waals surface area contributed by atoms with Crippen molar-refractivity contribution in [2.24, 2.45) is 10.4 Å². The molecule has 0 aromatic heterocycles. The number of likely N-dealkylation sites (tertiary alicyclic amines) is 1. The Morgan fingerprint density at radius 2 is 2.04 bits per heavy atom. The second kappa shape index (κ2) is 7.66. The van der Waals surface area contributed by atoms with Gasteiger partial charge in [-0.1, -0.05) is 6.42 Å². The van der Waals surface area contributed by atoms with E-state index < -0.39 is 0 Å². The molecule has 3 atom stereocenters. The molecule has 1 spiro atoms. The van der Waals surface area contributed by atoms with E-state index >= 15 is 0 Å². The predicted molar refractivity (Wildman–Crippen MR) is 108 cm³/mol. The minimum Gasteiger partial charge on any atom is -0.378 e. The van der Waals surface area contributed by atoms with Gasteiger partial charge in [-0.2, -0.15) is 0 Å². The number of halogens is 1. The van der Waals surface area contributed by atoms with Crippen molar-refractivity contribution in [2.75, 3.05) is 26.7 Å². The van der Waals surface area contributed by atoms with Crippen LogP contribution in [0.2, 0.25) is 0 Å². The van der Waals surface area contributed by atoms with Crippen LogP contribution in [0.3, 0.4) is 0 Å². The first-order valence-corrected chi connectivity index (χ1v) is 9.60. The topological polar surface area (TPSA) is 48.9 Å². The fraction of sp³-hybridized carbons (Fsp3) is 0.944. The van der Waals surface area contributed by atoms with E-state index in [9.17, 15) is 0 Å². The monoisotopic (exact) mass is 448 g/mol. The van der Waals surface area contributed by atoms with Crippen LogP contribution in [-0.4, -0.2) is 61.8 Å². The van der Waals surface area contributed by atoms with Crippen LogP contribution in [0.5, 0.6) is 0 Å². The molecule has 0 bridgehead atoms. The number of nitrogens with zero attached hydrogens (tertiary/aromatic N) is 2. The molecule has 3 unspecified atom stereocenters. The highest BCUT2D eigenvalue weighted by Gasteiger charge is 2.59. The fourth-order valence-electron chi connectivity index (χ4n) is 4.85. The maximum Gasteiger partial charge on any atom is 0.191 e. The van der Waals surface area contributed by atoms with Crippen molar-refractivity contribution < 1.29 is 4.74 Å². The average Bonchev–Trinajstić information content (AvgIpc) is 3.23. The van der Waals surface area contributed by atoms with E-state index in [4.69, 9.17) is 4.74 Å². The summed E-state index contributed by atoms with van der Waals surface area (Å²) in [6.45, 7) is 5.38. The van der Waals surface area contributed by atoms with Crippen LogP contribution in [0, 0.1) is 5.41 Å². The number of hydrogen-bond donors (Lipinski definition) is 2. The Bertz CT molecular complexity index is 464. The van der Waals surface area contributed by atoms with Crippen LogP contribution in [0.25, 0.3) is 0 Å². The first kappa shape index (κ1) is 18.7. The molecular formula is C18H33IN4O. The molecular weight excluding hydrogens is 415 g/mol. The molecule has 0 radical (unpaired) electrons. The Morgan fingerprint density at radius 3 is 2.62 bits per heavy atom. The number of hydrogen-bond acceptors (Lipinski definition) is 3. The highest BCUT2D eigenvalue weighted by atomic mass is 127. The van der Waals surface area contributed by atoms with Crippen LogP contribution < -0.4 is 10.6 Å². The lowest BCUT2D eigenvalue weighted by Gasteiger charge is -2.61. The zero-order chi connectivity index (χ0) is 15.9. The van der Waals surface area contributed by atoms with E-state index in [1.54, 1.807) is 0 Å². The van der Waals surface area contributed by atoms with Crippen molar-refractivity contribution >= 4 is 29.9 Å². The van der Waals surface area contributed by atoms with Crippen LogP contribution in [-0.2, 0) is 4.74 Å². The Hall–Kier alpha value is -0.0800. The van der Waals surface area contributed by atoms with Gasteiger partial charge in [-0.15, -0.1) is 24.0 Å². The zero-order valence-corrected chi connectivity index (χ0v) is 17.4. The van der Waals surface area contributed by atoms with Crippen molar-refractivity contribution in [3.63, 3.8) is 0 Å². The molecule has 24 heavy (non-hydrogen) atoms. The number of nitrogens with one attached hydrogen (secondary N) is 2. The van der Waals surface area contributed by atoms with E-state index in [0.29, 0.717) is 23.6 Å². The predicted octanol–water partition coefficient (Wildman–Crippen LogP) is 2.35. The lowest BCUT2D eigenvalue weighted by molar-refractivity contribution is -0.168. The summed E-state index contributed by atoms with van der Waals surface area (Å²) in [5.74, 6) is 0.999. The lowest BCUT2D eigenvalue weighted by atomic mass is 9.51. The van der Waals surface area contributed by atoms with E-state index in [2.05, 4.69) is 27.4 Å². The van der Waals surface area contributed by atoms with Crippen LogP contribution in [0.1, 0.15) is 51.9 Å². The molecule has 4 rings (SSSR count). The molecule has 3 saturated carbocycles. The summed E-state index contributed by atoms with van der Waals surface area (Å²) in [7, 11) is 1.90. The summed E-state index contributed by atoms with van der Waals surface area (Å²) in [4.78, 5) is 7.13. The molecule has 1 heterocycles. The number of aliphatic imine (C=N–C) groups is 1. The fourth-order valence-corrected chi connectivity index (χ4v) is 4.85. The molecule has 0 amide bonds. The second-order valence-electron chi connectivity index (χ2n) is 7.89. The molecule has 0 aromatic rings. The van der Waals surface area contributed by atoms with Gasteiger partial charge in [0.05, 0.1) is 6.10 Å². The van der Waals surface area contributed by atoms with Gasteiger partial charge >= 0.3 is 0 Å². The van der Waals surface area contributed by atoms with Crippen LogP contribution in [0.15, 0.2) is 4.99 Å². The summed E-state index contributed by atoms with van der Waals surface area (Å²) in [6, 6.07) is 1.98.